The number of nitrogens with zero attached hydrogens (tertiary/aromatic N) is 2. The van der Waals surface area contributed by atoms with Crippen LogP contribution in [0.3, 0.4) is 0 Å². The summed E-state index contributed by atoms with van der Waals surface area (Å²) in [7, 11) is 0. The molecule has 5 rings (SSSR count). The third kappa shape index (κ3) is 6.44. The van der Waals surface area contributed by atoms with Crippen LogP contribution in [0.15, 0.2) is 30.3 Å². The highest BCUT2D eigenvalue weighted by atomic mass is 35.5. The Labute approximate surface area is 275 Å². The number of hydrogen-bond acceptors (Lipinski definition) is 5. The van der Waals surface area contributed by atoms with E-state index in [4.69, 9.17) is 39.5 Å². The predicted octanol–water partition coefficient (Wildman–Crippen LogP) is 7.71. The fourth-order valence-corrected chi connectivity index (χ4v) is 6.39. The van der Waals surface area contributed by atoms with Gasteiger partial charge < -0.3 is 15.0 Å². The SMILES string of the molecule is N#CC1(NC(=O)[C@@H]2CC(C(F)(F)c3ccc(C(=O)Oc4c(Cl)cc(Cl)cc4Cl)cc3C(F)(F)F)CN2C(=O)C2(C(F)(F)F)CC2)CC1. The maximum absolute atomic E-state index is 16.1. The van der Waals surface area contributed by atoms with E-state index in [0.29, 0.717) is 17.0 Å². The Morgan fingerprint density at radius 3 is 2.00 bits per heavy atom. The number of nitrogens with one attached hydrogen (secondary N) is 1. The molecule has 2 aromatic rings. The second-order valence-electron chi connectivity index (χ2n) is 11.6. The minimum atomic E-state index is -5.49. The molecule has 0 bridgehead atoms. The molecule has 1 unspecified atom stereocenters. The van der Waals surface area contributed by atoms with Gasteiger partial charge in [0.25, 0.3) is 5.92 Å². The Hall–Kier alpha value is -3.35. The van der Waals surface area contributed by atoms with Gasteiger partial charge in [0.05, 0.1) is 27.2 Å². The van der Waals surface area contributed by atoms with Crippen LogP contribution >= 0.6 is 34.8 Å². The molecule has 0 spiro atoms. The first-order valence-corrected chi connectivity index (χ1v) is 14.9. The molecule has 2 aromatic carbocycles. The first-order chi connectivity index (χ1) is 21.7. The first kappa shape index (κ1) is 35.0. The van der Waals surface area contributed by atoms with Crippen LogP contribution in [-0.2, 0) is 21.7 Å². The number of carbonyl (C=O) groups excluding carboxylic acids is 3. The van der Waals surface area contributed by atoms with Crippen molar-refractivity contribution in [1.29, 1.82) is 5.26 Å². The average molecular weight is 733 g/mol. The molecule has 47 heavy (non-hydrogen) atoms. The van der Waals surface area contributed by atoms with E-state index in [1.165, 1.54) is 0 Å². The standard InChI is InChI=1S/C29H20Cl3F8N3O4/c30-15-9-18(31)21(19(32)10-15)47-23(45)13-1-2-16(17(7-13)28(35,36)37)27(33,34)14-8-20(22(44)42-25(12-41)3-4-25)43(11-14)24(46)26(5-6-26)29(38,39)40/h1-2,7,9-10,14,20H,3-6,8,11H2,(H,42,44)/t14?,20-/m0/s1. The summed E-state index contributed by atoms with van der Waals surface area (Å²) in [6.45, 7) is -1.20. The normalized spacial score (nSPS) is 21.5. The van der Waals surface area contributed by atoms with Gasteiger partial charge in [-0.1, -0.05) is 40.9 Å². The third-order valence-electron chi connectivity index (χ3n) is 8.48. The van der Waals surface area contributed by atoms with Crippen molar-refractivity contribution in [2.45, 2.75) is 62.0 Å². The van der Waals surface area contributed by atoms with E-state index in [-0.39, 0.29) is 34.0 Å². The van der Waals surface area contributed by atoms with Crippen molar-refractivity contribution in [1.82, 2.24) is 10.2 Å². The van der Waals surface area contributed by atoms with E-state index < -0.39 is 107 Å². The lowest BCUT2D eigenvalue weighted by Crippen LogP contribution is -2.53. The van der Waals surface area contributed by atoms with Gasteiger partial charge >= 0.3 is 18.3 Å². The van der Waals surface area contributed by atoms with Crippen LogP contribution < -0.4 is 10.1 Å². The van der Waals surface area contributed by atoms with Gasteiger partial charge in [0.15, 0.2) is 5.75 Å². The molecule has 252 valence electrons. The number of benzene rings is 2. The molecule has 3 fully saturated rings. The minimum Gasteiger partial charge on any atom is -0.420 e. The van der Waals surface area contributed by atoms with Crippen molar-refractivity contribution in [2.24, 2.45) is 11.3 Å². The lowest BCUT2D eigenvalue weighted by molar-refractivity contribution is -0.199. The van der Waals surface area contributed by atoms with Crippen molar-refractivity contribution < 1.29 is 54.2 Å². The van der Waals surface area contributed by atoms with Crippen molar-refractivity contribution in [3.63, 3.8) is 0 Å². The Morgan fingerprint density at radius 2 is 1.51 bits per heavy atom. The number of likely N-dealkylation sites (tertiary alicyclic amines) is 1. The van der Waals surface area contributed by atoms with Crippen LogP contribution in [0.1, 0.15) is 53.6 Å². The quantitative estimate of drug-likeness (QED) is 0.179. The van der Waals surface area contributed by atoms with Crippen LogP contribution in [0, 0.1) is 22.7 Å². The molecular weight excluding hydrogens is 713 g/mol. The van der Waals surface area contributed by atoms with Gasteiger partial charge in [0.2, 0.25) is 11.8 Å². The highest BCUT2D eigenvalue weighted by molar-refractivity contribution is 6.40. The maximum Gasteiger partial charge on any atom is 0.416 e. The minimum absolute atomic E-state index is 0.0421. The van der Waals surface area contributed by atoms with Crippen LogP contribution in [0.4, 0.5) is 35.1 Å². The summed E-state index contributed by atoms with van der Waals surface area (Å²) in [5, 5.41) is 11.1. The number of carbonyl (C=O) groups is 3. The fraction of sp³-hybridized carbons (Fsp3) is 0.448. The molecule has 18 heteroatoms. The first-order valence-electron chi connectivity index (χ1n) is 13.7. The Kier molecular flexibility index (Phi) is 8.68. The lowest BCUT2D eigenvalue weighted by Gasteiger charge is -2.30. The molecule has 2 aliphatic carbocycles. The summed E-state index contributed by atoms with van der Waals surface area (Å²) in [5.41, 5.74) is -8.78. The molecular formula is C29H20Cl3F8N3O4. The van der Waals surface area contributed by atoms with E-state index in [1.54, 1.807) is 6.07 Å². The maximum atomic E-state index is 16.1. The van der Waals surface area contributed by atoms with E-state index in [0.717, 1.165) is 12.1 Å². The summed E-state index contributed by atoms with van der Waals surface area (Å²) < 4.78 is 121. The van der Waals surface area contributed by atoms with Gasteiger partial charge in [-0.15, -0.1) is 0 Å². The molecule has 1 saturated heterocycles. The summed E-state index contributed by atoms with van der Waals surface area (Å²) in [6, 6.07) is 3.12. The highest BCUT2D eigenvalue weighted by Gasteiger charge is 2.71. The van der Waals surface area contributed by atoms with Gasteiger partial charge in [-0.05, 0) is 56.4 Å². The van der Waals surface area contributed by atoms with Gasteiger partial charge in [-0.2, -0.15) is 31.6 Å². The monoisotopic (exact) mass is 731 g/mol. The zero-order valence-corrected chi connectivity index (χ0v) is 25.7. The number of esters is 1. The molecule has 1 aliphatic heterocycles. The lowest BCUT2D eigenvalue weighted by atomic mass is 9.88. The summed E-state index contributed by atoms with van der Waals surface area (Å²) in [5.74, 6) is -11.5. The van der Waals surface area contributed by atoms with E-state index in [9.17, 15) is 46.0 Å². The third-order valence-corrected chi connectivity index (χ3v) is 9.26. The summed E-state index contributed by atoms with van der Waals surface area (Å²) in [4.78, 5) is 39.3. The number of hydrogen-bond donors (Lipinski definition) is 1. The van der Waals surface area contributed by atoms with Gasteiger partial charge in [0.1, 0.15) is 17.0 Å². The Bertz CT molecular complexity index is 1680. The largest absolute Gasteiger partial charge is 0.420 e. The molecule has 0 aromatic heterocycles. The molecule has 7 nitrogen and oxygen atoms in total. The topological polar surface area (TPSA) is 99.5 Å². The van der Waals surface area contributed by atoms with Crippen LogP contribution in [0.2, 0.25) is 15.1 Å². The molecule has 0 radical (unpaired) electrons. The number of alkyl halides is 8. The fourth-order valence-electron chi connectivity index (χ4n) is 5.49. The molecule has 1 N–H and O–H groups in total. The van der Waals surface area contributed by atoms with Gasteiger partial charge in [0, 0.05) is 23.0 Å². The zero-order valence-electron chi connectivity index (χ0n) is 23.5. The molecule has 2 atom stereocenters. The molecule has 2 saturated carbocycles. The number of rotatable bonds is 7. The molecule has 1 heterocycles. The van der Waals surface area contributed by atoms with Crippen molar-refractivity contribution in [3.8, 4) is 11.8 Å². The number of amides is 2. The highest BCUT2D eigenvalue weighted by Crippen LogP contribution is 2.60. The molecule has 2 amide bonds. The number of halogens is 11. The zero-order chi connectivity index (χ0) is 34.9. The van der Waals surface area contributed by atoms with Crippen molar-refractivity contribution in [3.05, 3.63) is 62.1 Å². The summed E-state index contributed by atoms with van der Waals surface area (Å²) in [6.07, 6.45) is -12.6. The summed E-state index contributed by atoms with van der Waals surface area (Å²) >= 11 is 17.7. The van der Waals surface area contributed by atoms with Gasteiger partial charge in [-0.3, -0.25) is 9.59 Å². The number of nitriles is 1. The van der Waals surface area contributed by atoms with Crippen molar-refractivity contribution in [2.75, 3.05) is 6.54 Å². The average Bonchev–Trinajstić information content (AvgIpc) is 3.89. The van der Waals surface area contributed by atoms with Crippen LogP contribution in [0.25, 0.3) is 0 Å². The predicted molar refractivity (Wildman–Crippen MR) is 149 cm³/mol. The Balaban J connectivity index is 1.48. The Morgan fingerprint density at radius 1 is 0.915 bits per heavy atom. The second kappa shape index (κ2) is 11.7. The van der Waals surface area contributed by atoms with Crippen LogP contribution in [0.5, 0.6) is 5.75 Å². The van der Waals surface area contributed by atoms with E-state index in [2.05, 4.69) is 5.32 Å². The van der Waals surface area contributed by atoms with Crippen molar-refractivity contribution >= 4 is 52.6 Å². The second-order valence-corrected chi connectivity index (χ2v) is 12.9. The van der Waals surface area contributed by atoms with E-state index >= 15 is 8.78 Å². The van der Waals surface area contributed by atoms with Crippen LogP contribution in [-0.4, -0.2) is 47.0 Å². The smallest absolute Gasteiger partial charge is 0.416 e. The number of ether oxygens (including phenoxy) is 1. The molecule has 3 aliphatic rings. The van der Waals surface area contributed by atoms with Gasteiger partial charge in [-0.25, -0.2) is 13.6 Å². The van der Waals surface area contributed by atoms with E-state index in [1.807, 2.05) is 0 Å².